The van der Waals surface area contributed by atoms with E-state index < -0.39 is 0 Å². The van der Waals surface area contributed by atoms with E-state index in [1.165, 1.54) is 0 Å². The lowest BCUT2D eigenvalue weighted by molar-refractivity contribution is 1.15. The van der Waals surface area contributed by atoms with Crippen LogP contribution in [0.15, 0.2) is 18.5 Å². The molecular formula is C5H8ClN3. The Labute approximate surface area is 59.9 Å². The molecule has 0 saturated carbocycles. The van der Waals surface area contributed by atoms with Gasteiger partial charge in [0.25, 0.3) is 0 Å². The zero-order chi connectivity index (χ0) is 5.82. The van der Waals surface area contributed by atoms with Crippen molar-refractivity contribution < 1.29 is 0 Å². The highest BCUT2D eigenvalue weighted by Crippen LogP contribution is 1.88. The molecule has 0 radical (unpaired) electrons. The van der Waals surface area contributed by atoms with Crippen molar-refractivity contribution in [3.8, 4) is 0 Å². The van der Waals surface area contributed by atoms with Crippen LogP contribution in [0.3, 0.4) is 0 Å². The first-order chi connectivity index (χ1) is 3.93. The number of anilines is 1. The summed E-state index contributed by atoms with van der Waals surface area (Å²) >= 11 is 0. The Hall–Kier alpha value is -0.830. The third kappa shape index (κ3) is 2.28. The minimum absolute atomic E-state index is 0. The molecule has 0 spiro atoms. The Balaban J connectivity index is 0.000000640. The van der Waals surface area contributed by atoms with Crippen LogP contribution in [0.5, 0.6) is 0 Å². The summed E-state index contributed by atoms with van der Waals surface area (Å²) in [6.45, 7) is 0. The van der Waals surface area contributed by atoms with Gasteiger partial charge in [-0.1, -0.05) is 0 Å². The molecule has 0 unspecified atom stereocenters. The number of nitrogens with one attached hydrogen (secondary N) is 1. The Morgan fingerprint density at radius 3 is 2.22 bits per heavy atom. The van der Waals surface area contributed by atoms with Crippen molar-refractivity contribution >= 4 is 18.4 Å². The van der Waals surface area contributed by atoms with Gasteiger partial charge >= 0.3 is 0 Å². The number of rotatable bonds is 1. The molecule has 0 atom stereocenters. The first-order valence-electron chi connectivity index (χ1n) is 2.38. The molecule has 1 heterocycles. The smallest absolute Gasteiger partial charge is 0.222 e. The van der Waals surface area contributed by atoms with Crippen LogP contribution in [0.4, 0.5) is 5.95 Å². The summed E-state index contributed by atoms with van der Waals surface area (Å²) < 4.78 is 0. The van der Waals surface area contributed by atoms with Gasteiger partial charge in [-0.3, -0.25) is 0 Å². The average molecular weight is 146 g/mol. The van der Waals surface area contributed by atoms with Gasteiger partial charge in [0, 0.05) is 19.4 Å². The van der Waals surface area contributed by atoms with E-state index in [2.05, 4.69) is 15.3 Å². The lowest BCUT2D eigenvalue weighted by atomic mass is 10.7. The summed E-state index contributed by atoms with van der Waals surface area (Å²) in [6, 6.07) is 1.78. The number of nitrogens with zero attached hydrogens (tertiary/aromatic N) is 2. The fraction of sp³-hybridized carbons (Fsp3) is 0.200. The van der Waals surface area contributed by atoms with Crippen LogP contribution < -0.4 is 5.32 Å². The predicted molar refractivity (Wildman–Crippen MR) is 38.8 cm³/mol. The molecule has 1 aromatic heterocycles. The van der Waals surface area contributed by atoms with Gasteiger partial charge in [0.05, 0.1) is 0 Å². The molecule has 1 N–H and O–H groups in total. The topological polar surface area (TPSA) is 37.8 Å². The fourth-order valence-corrected chi connectivity index (χ4v) is 0.428. The Bertz CT molecular complexity index is 154. The average Bonchev–Trinajstić information content (AvgIpc) is 1.90. The second kappa shape index (κ2) is 4.09. The lowest BCUT2D eigenvalue weighted by Crippen LogP contribution is -1.92. The van der Waals surface area contributed by atoms with E-state index in [0.717, 1.165) is 0 Å². The molecule has 3 nitrogen and oxygen atoms in total. The molecule has 0 amide bonds. The molecule has 0 fully saturated rings. The van der Waals surface area contributed by atoms with Crippen molar-refractivity contribution in [2.45, 2.75) is 0 Å². The summed E-state index contributed by atoms with van der Waals surface area (Å²) in [6.07, 6.45) is 3.39. The second-order valence-corrected chi connectivity index (χ2v) is 1.32. The maximum Gasteiger partial charge on any atom is 0.222 e. The second-order valence-electron chi connectivity index (χ2n) is 1.32. The van der Waals surface area contributed by atoms with Crippen LogP contribution in [-0.4, -0.2) is 17.0 Å². The summed E-state index contributed by atoms with van der Waals surface area (Å²) in [5.41, 5.74) is 0. The molecule has 0 saturated heterocycles. The molecule has 0 bridgehead atoms. The molecule has 9 heavy (non-hydrogen) atoms. The highest BCUT2D eigenvalue weighted by Gasteiger charge is 1.81. The van der Waals surface area contributed by atoms with Gasteiger partial charge in [-0.25, -0.2) is 9.97 Å². The van der Waals surface area contributed by atoms with Gasteiger partial charge in [0.15, 0.2) is 0 Å². The monoisotopic (exact) mass is 145 g/mol. The maximum absolute atomic E-state index is 3.88. The number of hydrogen-bond donors (Lipinski definition) is 1. The predicted octanol–water partition coefficient (Wildman–Crippen LogP) is 0.940. The SMILES string of the molecule is CNc1ncccn1.Cl. The molecule has 0 aliphatic carbocycles. The van der Waals surface area contributed by atoms with E-state index in [0.29, 0.717) is 5.95 Å². The summed E-state index contributed by atoms with van der Waals surface area (Å²) in [4.78, 5) is 7.75. The zero-order valence-corrected chi connectivity index (χ0v) is 5.85. The van der Waals surface area contributed by atoms with E-state index in [9.17, 15) is 0 Å². The van der Waals surface area contributed by atoms with Crippen LogP contribution in [0.25, 0.3) is 0 Å². The van der Waals surface area contributed by atoms with Crippen LogP contribution in [0.1, 0.15) is 0 Å². The van der Waals surface area contributed by atoms with Crippen molar-refractivity contribution in [1.29, 1.82) is 0 Å². The van der Waals surface area contributed by atoms with Crippen LogP contribution in [0.2, 0.25) is 0 Å². The van der Waals surface area contributed by atoms with Crippen molar-refractivity contribution in [1.82, 2.24) is 9.97 Å². The quantitative estimate of drug-likeness (QED) is 0.639. The van der Waals surface area contributed by atoms with Crippen molar-refractivity contribution in [2.75, 3.05) is 12.4 Å². The molecule has 1 aromatic rings. The minimum atomic E-state index is 0. The normalized spacial score (nSPS) is 7.67. The highest BCUT2D eigenvalue weighted by molar-refractivity contribution is 5.85. The molecule has 0 aliphatic rings. The zero-order valence-electron chi connectivity index (χ0n) is 5.03. The first-order valence-corrected chi connectivity index (χ1v) is 2.38. The Morgan fingerprint density at radius 1 is 1.33 bits per heavy atom. The van der Waals surface area contributed by atoms with Gasteiger partial charge < -0.3 is 5.32 Å². The van der Waals surface area contributed by atoms with Crippen LogP contribution >= 0.6 is 12.4 Å². The third-order valence-electron chi connectivity index (χ3n) is 0.789. The standard InChI is InChI=1S/C5H7N3.ClH/c1-6-5-7-3-2-4-8-5;/h2-4H,1H3,(H,6,7,8);1H. The largest absolute Gasteiger partial charge is 0.357 e. The number of halogens is 1. The van der Waals surface area contributed by atoms with E-state index in [1.807, 2.05) is 0 Å². The number of hydrogen-bond acceptors (Lipinski definition) is 3. The van der Waals surface area contributed by atoms with E-state index in [4.69, 9.17) is 0 Å². The first kappa shape index (κ1) is 8.17. The third-order valence-corrected chi connectivity index (χ3v) is 0.789. The number of aromatic nitrogens is 2. The van der Waals surface area contributed by atoms with Crippen molar-refractivity contribution in [2.24, 2.45) is 0 Å². The molecule has 50 valence electrons. The molecular weight excluding hydrogens is 138 g/mol. The van der Waals surface area contributed by atoms with E-state index in [1.54, 1.807) is 25.5 Å². The summed E-state index contributed by atoms with van der Waals surface area (Å²) in [5, 5.41) is 2.80. The fourth-order valence-electron chi connectivity index (χ4n) is 0.428. The Morgan fingerprint density at radius 2 is 1.89 bits per heavy atom. The van der Waals surface area contributed by atoms with Crippen LogP contribution in [0, 0.1) is 0 Å². The summed E-state index contributed by atoms with van der Waals surface area (Å²) in [7, 11) is 1.79. The van der Waals surface area contributed by atoms with Gasteiger partial charge in [-0.05, 0) is 6.07 Å². The van der Waals surface area contributed by atoms with Crippen molar-refractivity contribution in [3.63, 3.8) is 0 Å². The van der Waals surface area contributed by atoms with E-state index >= 15 is 0 Å². The van der Waals surface area contributed by atoms with Gasteiger partial charge in [-0.15, -0.1) is 12.4 Å². The Kier molecular flexibility index (Phi) is 3.71. The molecule has 0 aromatic carbocycles. The highest BCUT2D eigenvalue weighted by atomic mass is 35.5. The molecule has 4 heteroatoms. The molecule has 1 rings (SSSR count). The van der Waals surface area contributed by atoms with Crippen molar-refractivity contribution in [3.05, 3.63) is 18.5 Å². The van der Waals surface area contributed by atoms with E-state index in [-0.39, 0.29) is 12.4 Å². The lowest BCUT2D eigenvalue weighted by Gasteiger charge is -1.91. The van der Waals surface area contributed by atoms with Gasteiger partial charge in [0.2, 0.25) is 5.95 Å². The maximum atomic E-state index is 3.88. The minimum Gasteiger partial charge on any atom is -0.357 e. The molecule has 0 aliphatic heterocycles. The summed E-state index contributed by atoms with van der Waals surface area (Å²) in [5.74, 6) is 0.660. The van der Waals surface area contributed by atoms with Gasteiger partial charge in [-0.2, -0.15) is 0 Å². The van der Waals surface area contributed by atoms with Gasteiger partial charge in [0.1, 0.15) is 0 Å². The van der Waals surface area contributed by atoms with Crippen LogP contribution in [-0.2, 0) is 0 Å².